The highest BCUT2D eigenvalue weighted by Gasteiger charge is 2.22. The minimum Gasteiger partial charge on any atom is -0.465 e. The lowest BCUT2D eigenvalue weighted by atomic mass is 10.1. The zero-order valence-electron chi connectivity index (χ0n) is 10.6. The van der Waals surface area contributed by atoms with Gasteiger partial charge in [-0.05, 0) is 24.6 Å². The summed E-state index contributed by atoms with van der Waals surface area (Å²) in [7, 11) is 1.32. The first kappa shape index (κ1) is 13.3. The van der Waals surface area contributed by atoms with Gasteiger partial charge in [0.05, 0.1) is 18.6 Å². The summed E-state index contributed by atoms with van der Waals surface area (Å²) < 4.78 is 4.63. The normalized spacial score (nSPS) is 21.2. The van der Waals surface area contributed by atoms with Crippen LogP contribution in [0.15, 0.2) is 36.4 Å². The van der Waals surface area contributed by atoms with E-state index in [0.717, 1.165) is 0 Å². The maximum absolute atomic E-state index is 12.0. The highest BCUT2D eigenvalue weighted by atomic mass is 16.5. The number of anilines is 1. The third-order valence-electron chi connectivity index (χ3n) is 3.00. The van der Waals surface area contributed by atoms with E-state index in [0.29, 0.717) is 17.7 Å². The number of amides is 1. The molecule has 2 rings (SSSR count). The van der Waals surface area contributed by atoms with Gasteiger partial charge in [0, 0.05) is 11.7 Å². The maximum Gasteiger partial charge on any atom is 0.337 e. The molecular formula is C14H16N2O3. The van der Waals surface area contributed by atoms with Crippen molar-refractivity contribution in [2.24, 2.45) is 11.7 Å². The van der Waals surface area contributed by atoms with E-state index >= 15 is 0 Å². The summed E-state index contributed by atoms with van der Waals surface area (Å²) in [5.41, 5.74) is 6.68. The number of esters is 1. The van der Waals surface area contributed by atoms with Crippen molar-refractivity contribution in [1.82, 2.24) is 0 Å². The predicted molar refractivity (Wildman–Crippen MR) is 71.6 cm³/mol. The molecule has 0 radical (unpaired) electrons. The molecule has 100 valence electrons. The van der Waals surface area contributed by atoms with E-state index < -0.39 is 5.97 Å². The first-order valence-electron chi connectivity index (χ1n) is 6.03. The number of hydrogen-bond donors (Lipinski definition) is 2. The van der Waals surface area contributed by atoms with Crippen LogP contribution >= 0.6 is 0 Å². The van der Waals surface area contributed by atoms with Crippen molar-refractivity contribution in [3.63, 3.8) is 0 Å². The third kappa shape index (κ3) is 3.20. The fourth-order valence-corrected chi connectivity index (χ4v) is 2.00. The lowest BCUT2D eigenvalue weighted by Crippen LogP contribution is -2.24. The highest BCUT2D eigenvalue weighted by Crippen LogP contribution is 2.19. The van der Waals surface area contributed by atoms with Crippen molar-refractivity contribution >= 4 is 17.6 Å². The molecule has 1 amide bonds. The van der Waals surface area contributed by atoms with Crippen LogP contribution < -0.4 is 11.1 Å². The molecule has 0 saturated heterocycles. The quantitative estimate of drug-likeness (QED) is 0.634. The lowest BCUT2D eigenvalue weighted by molar-refractivity contribution is -0.118. The van der Waals surface area contributed by atoms with Gasteiger partial charge >= 0.3 is 5.97 Å². The molecule has 0 heterocycles. The number of nitrogens with two attached hydrogens (primary N) is 1. The first-order valence-corrected chi connectivity index (χ1v) is 6.03. The van der Waals surface area contributed by atoms with Crippen LogP contribution in [0, 0.1) is 5.92 Å². The first-order chi connectivity index (χ1) is 9.10. The van der Waals surface area contributed by atoms with Gasteiger partial charge in [-0.1, -0.05) is 18.2 Å². The second-order valence-corrected chi connectivity index (χ2v) is 4.45. The number of nitrogens with one attached hydrogen (secondary N) is 1. The summed E-state index contributed by atoms with van der Waals surface area (Å²) in [5.74, 6) is -0.762. The number of hydrogen-bond acceptors (Lipinski definition) is 4. The molecule has 1 aliphatic carbocycles. The van der Waals surface area contributed by atoms with Crippen LogP contribution in [0.4, 0.5) is 5.69 Å². The standard InChI is InChI=1S/C14H16N2O3/c1-19-14(18)10-3-2-4-12(8-10)16-13(17)9-5-6-11(15)7-9/h2-6,8-9,11H,7,15H2,1H3,(H,16,17). The Kier molecular flexibility index (Phi) is 3.97. The van der Waals surface area contributed by atoms with Gasteiger partial charge in [-0.2, -0.15) is 0 Å². The minimum atomic E-state index is -0.432. The van der Waals surface area contributed by atoms with Gasteiger partial charge in [0.25, 0.3) is 0 Å². The fraction of sp³-hybridized carbons (Fsp3) is 0.286. The summed E-state index contributed by atoms with van der Waals surface area (Å²) in [5, 5.41) is 2.77. The van der Waals surface area contributed by atoms with Gasteiger partial charge < -0.3 is 15.8 Å². The number of methoxy groups -OCH3 is 1. The van der Waals surface area contributed by atoms with Crippen molar-refractivity contribution in [1.29, 1.82) is 0 Å². The summed E-state index contributed by atoms with van der Waals surface area (Å²) in [4.78, 5) is 23.4. The van der Waals surface area contributed by atoms with E-state index in [1.165, 1.54) is 7.11 Å². The number of ether oxygens (including phenoxy) is 1. The second kappa shape index (κ2) is 5.67. The molecule has 19 heavy (non-hydrogen) atoms. The summed E-state index contributed by atoms with van der Waals surface area (Å²) in [6.07, 6.45) is 4.25. The molecule has 2 unspecified atom stereocenters. The van der Waals surface area contributed by atoms with Crippen molar-refractivity contribution in [3.8, 4) is 0 Å². The summed E-state index contributed by atoms with van der Waals surface area (Å²) in [6.45, 7) is 0. The SMILES string of the molecule is COC(=O)c1cccc(NC(=O)C2C=CC(N)C2)c1. The molecule has 2 atom stereocenters. The number of carbonyl (C=O) groups is 2. The largest absolute Gasteiger partial charge is 0.465 e. The van der Waals surface area contributed by atoms with Crippen LogP contribution in [0.1, 0.15) is 16.8 Å². The van der Waals surface area contributed by atoms with Crippen molar-refractivity contribution < 1.29 is 14.3 Å². The number of rotatable bonds is 3. The Hall–Kier alpha value is -2.14. The maximum atomic E-state index is 12.0. The summed E-state index contributed by atoms with van der Waals surface area (Å²) >= 11 is 0. The van der Waals surface area contributed by atoms with Gasteiger partial charge in [0.2, 0.25) is 5.91 Å². The van der Waals surface area contributed by atoms with Crippen LogP contribution in [0.5, 0.6) is 0 Å². The molecule has 1 aliphatic rings. The molecule has 0 fully saturated rings. The molecule has 1 aromatic carbocycles. The average Bonchev–Trinajstić information content (AvgIpc) is 2.85. The van der Waals surface area contributed by atoms with E-state index in [9.17, 15) is 9.59 Å². The monoisotopic (exact) mass is 260 g/mol. The van der Waals surface area contributed by atoms with E-state index in [2.05, 4.69) is 10.1 Å². The molecule has 0 aliphatic heterocycles. The highest BCUT2D eigenvalue weighted by molar-refractivity contribution is 5.96. The van der Waals surface area contributed by atoms with E-state index in [1.54, 1.807) is 24.3 Å². The van der Waals surface area contributed by atoms with Gasteiger partial charge in [-0.15, -0.1) is 0 Å². The average molecular weight is 260 g/mol. The molecular weight excluding hydrogens is 244 g/mol. The molecule has 5 heteroatoms. The second-order valence-electron chi connectivity index (χ2n) is 4.45. The van der Waals surface area contributed by atoms with E-state index in [1.807, 2.05) is 12.2 Å². The Morgan fingerprint density at radius 3 is 2.79 bits per heavy atom. The molecule has 0 spiro atoms. The molecule has 3 N–H and O–H groups in total. The smallest absolute Gasteiger partial charge is 0.337 e. The molecule has 0 bridgehead atoms. The third-order valence-corrected chi connectivity index (χ3v) is 3.00. The van der Waals surface area contributed by atoms with Crippen molar-refractivity contribution in [2.45, 2.75) is 12.5 Å². The predicted octanol–water partition coefficient (Wildman–Crippen LogP) is 1.32. The van der Waals surface area contributed by atoms with Gasteiger partial charge in [-0.25, -0.2) is 4.79 Å². The number of benzene rings is 1. The van der Waals surface area contributed by atoms with Crippen LogP contribution in [0.3, 0.4) is 0 Å². The Morgan fingerprint density at radius 2 is 2.16 bits per heavy atom. The number of carbonyl (C=O) groups excluding carboxylic acids is 2. The Morgan fingerprint density at radius 1 is 1.37 bits per heavy atom. The van der Waals surface area contributed by atoms with E-state index in [4.69, 9.17) is 5.73 Å². The van der Waals surface area contributed by atoms with Crippen molar-refractivity contribution in [3.05, 3.63) is 42.0 Å². The molecule has 0 saturated carbocycles. The zero-order valence-corrected chi connectivity index (χ0v) is 10.6. The van der Waals surface area contributed by atoms with Crippen LogP contribution in [-0.4, -0.2) is 25.0 Å². The summed E-state index contributed by atoms with van der Waals surface area (Å²) in [6, 6.07) is 6.58. The molecule has 1 aromatic rings. The Balaban J connectivity index is 2.05. The molecule has 0 aromatic heterocycles. The van der Waals surface area contributed by atoms with E-state index in [-0.39, 0.29) is 17.9 Å². The zero-order chi connectivity index (χ0) is 13.8. The van der Waals surface area contributed by atoms with Crippen molar-refractivity contribution in [2.75, 3.05) is 12.4 Å². The lowest BCUT2D eigenvalue weighted by Gasteiger charge is -2.11. The fourth-order valence-electron chi connectivity index (χ4n) is 2.00. The van der Waals surface area contributed by atoms with Crippen LogP contribution in [0.2, 0.25) is 0 Å². The topological polar surface area (TPSA) is 81.4 Å². The Labute approximate surface area is 111 Å². The van der Waals surface area contributed by atoms with Crippen LogP contribution in [0.25, 0.3) is 0 Å². The Bertz CT molecular complexity index is 525. The van der Waals surface area contributed by atoms with Gasteiger partial charge in [-0.3, -0.25) is 4.79 Å². The van der Waals surface area contributed by atoms with Crippen LogP contribution in [-0.2, 0) is 9.53 Å². The van der Waals surface area contributed by atoms with Gasteiger partial charge in [0.15, 0.2) is 0 Å². The minimum absolute atomic E-state index is 0.0582. The van der Waals surface area contributed by atoms with Gasteiger partial charge in [0.1, 0.15) is 0 Å². The molecule has 5 nitrogen and oxygen atoms in total.